The van der Waals surface area contributed by atoms with Gasteiger partial charge in [-0.05, 0) is 123 Å². The van der Waals surface area contributed by atoms with E-state index in [-0.39, 0.29) is 47.0 Å². The van der Waals surface area contributed by atoms with Gasteiger partial charge in [0.05, 0.1) is 22.3 Å². The van der Waals surface area contributed by atoms with Crippen LogP contribution in [-0.4, -0.2) is 82.6 Å². The minimum atomic E-state index is -3.42. The summed E-state index contributed by atoms with van der Waals surface area (Å²) >= 11 is 0. The summed E-state index contributed by atoms with van der Waals surface area (Å²) in [4.78, 5) is 54.4. The van der Waals surface area contributed by atoms with Gasteiger partial charge in [-0.2, -0.15) is 0 Å². The molecule has 4 aliphatic rings. The number of hydrogen-bond donors (Lipinski definition) is 1. The van der Waals surface area contributed by atoms with Gasteiger partial charge in [0.15, 0.2) is 15.7 Å². The van der Waals surface area contributed by atoms with Crippen molar-refractivity contribution in [3.8, 4) is 5.69 Å². The molecule has 6 heterocycles. The van der Waals surface area contributed by atoms with Crippen LogP contribution in [0.4, 0.5) is 10.3 Å². The molecule has 0 bridgehead atoms. The summed E-state index contributed by atoms with van der Waals surface area (Å²) in [5, 5.41) is 5.05. The lowest BCUT2D eigenvalue weighted by atomic mass is 9.91. The second-order valence-corrected chi connectivity index (χ2v) is 19.7. The lowest BCUT2D eigenvalue weighted by Crippen LogP contribution is -2.50. The number of aromatic amines is 1. The first kappa shape index (κ1) is 40.2. The molecule has 3 aliphatic heterocycles. The van der Waals surface area contributed by atoms with E-state index in [2.05, 4.69) is 35.3 Å². The topological polar surface area (TPSA) is 166 Å². The van der Waals surface area contributed by atoms with E-state index in [0.717, 1.165) is 29.3 Å². The molecule has 0 spiro atoms. The summed E-state index contributed by atoms with van der Waals surface area (Å²) in [5.41, 5.74) is 4.46. The number of nitrogens with zero attached hydrogens (tertiary/aromatic N) is 6. The Labute approximate surface area is 357 Å². The number of anilines is 1. The molecular formula is C46H48FN7O7S. The average Bonchev–Trinajstić information content (AvgIpc) is 3.50. The number of carbonyl (C=O) groups is 1. The Morgan fingerprint density at radius 3 is 2.32 bits per heavy atom. The van der Waals surface area contributed by atoms with Crippen LogP contribution < -0.4 is 16.2 Å². The fraction of sp³-hybridized carbons (Fsp3) is 0.413. The van der Waals surface area contributed by atoms with Crippen molar-refractivity contribution in [2.24, 2.45) is 5.92 Å². The van der Waals surface area contributed by atoms with Crippen molar-refractivity contribution in [2.45, 2.75) is 81.7 Å². The second-order valence-electron chi connectivity index (χ2n) is 17.7. The Morgan fingerprint density at radius 1 is 0.952 bits per heavy atom. The number of amides is 1. The van der Waals surface area contributed by atoms with Gasteiger partial charge in [0.2, 0.25) is 5.95 Å². The molecular weight excluding hydrogens is 814 g/mol. The van der Waals surface area contributed by atoms with Gasteiger partial charge in [-0.25, -0.2) is 27.2 Å². The highest BCUT2D eigenvalue weighted by atomic mass is 32.2. The maximum absolute atomic E-state index is 15.3. The molecule has 3 aromatic heterocycles. The number of aryl methyl sites for hydroxylation is 2. The van der Waals surface area contributed by atoms with Crippen LogP contribution in [0.1, 0.15) is 101 Å². The first-order valence-electron chi connectivity index (χ1n) is 21.2. The van der Waals surface area contributed by atoms with E-state index in [1.807, 2.05) is 28.5 Å². The number of aromatic nitrogens is 5. The van der Waals surface area contributed by atoms with E-state index in [1.165, 1.54) is 11.8 Å². The van der Waals surface area contributed by atoms with Gasteiger partial charge in [-0.3, -0.25) is 19.1 Å². The van der Waals surface area contributed by atoms with Crippen LogP contribution in [0.15, 0.2) is 79.7 Å². The van der Waals surface area contributed by atoms with E-state index in [1.54, 1.807) is 53.6 Å². The zero-order valence-electron chi connectivity index (χ0n) is 35.3. The van der Waals surface area contributed by atoms with Crippen molar-refractivity contribution in [2.75, 3.05) is 44.0 Å². The van der Waals surface area contributed by atoms with Gasteiger partial charge in [0, 0.05) is 61.5 Å². The largest absolute Gasteiger partial charge is 0.438 e. The molecule has 16 heteroatoms. The zero-order chi connectivity index (χ0) is 43.4. The van der Waals surface area contributed by atoms with Crippen LogP contribution in [0.25, 0.3) is 16.6 Å². The molecule has 2 saturated heterocycles. The summed E-state index contributed by atoms with van der Waals surface area (Å²) < 4.78 is 54.0. The molecule has 10 rings (SSSR count). The van der Waals surface area contributed by atoms with Gasteiger partial charge >= 0.3 is 5.76 Å². The summed E-state index contributed by atoms with van der Waals surface area (Å²) in [6.45, 7) is 9.83. The number of carbonyl (C=O) groups excluding carboxylic acids is 1. The minimum absolute atomic E-state index is 0.0238. The maximum Gasteiger partial charge on any atom is 0.438 e. The van der Waals surface area contributed by atoms with Crippen molar-refractivity contribution in [1.82, 2.24) is 29.2 Å². The molecule has 1 amide bonds. The third kappa shape index (κ3) is 6.43. The van der Waals surface area contributed by atoms with Crippen LogP contribution in [0.3, 0.4) is 0 Å². The summed E-state index contributed by atoms with van der Waals surface area (Å²) in [5.74, 6) is -0.203. The first-order chi connectivity index (χ1) is 29.6. The molecule has 6 aromatic rings. The van der Waals surface area contributed by atoms with E-state index >= 15 is 4.79 Å². The van der Waals surface area contributed by atoms with Crippen LogP contribution in [0.2, 0.25) is 0 Å². The number of hydrogen-bond acceptors (Lipinski definition) is 10. The number of H-pyrrole nitrogens is 1. The van der Waals surface area contributed by atoms with E-state index in [0.29, 0.717) is 84.2 Å². The molecule has 1 aliphatic carbocycles. The molecule has 1 saturated carbocycles. The third-order valence-corrected chi connectivity index (χ3v) is 14.9. The SMILES string of the molecule is Cc1cc(-n2c(N3CC(c4cccc(S(C)(=O)=O)c4)C3)nc3c(c2=O)CCN(C(=O)c2cc4cc(C5CCOCC5)ccc4n2[C@]2(c4noc(=O)[nH]4)C[C@@H]2C)[C@@H]3C)cc(C)c1F. The highest BCUT2D eigenvalue weighted by molar-refractivity contribution is 7.90. The predicted molar refractivity (Wildman–Crippen MR) is 230 cm³/mol. The minimum Gasteiger partial charge on any atom is -0.381 e. The molecule has 3 atom stereocenters. The van der Waals surface area contributed by atoms with Gasteiger partial charge < -0.3 is 19.1 Å². The monoisotopic (exact) mass is 861 g/mol. The molecule has 3 fully saturated rings. The van der Waals surface area contributed by atoms with Crippen molar-refractivity contribution >= 4 is 32.6 Å². The number of benzene rings is 3. The van der Waals surface area contributed by atoms with Crippen LogP contribution in [-0.2, 0) is 26.5 Å². The number of sulfone groups is 1. The van der Waals surface area contributed by atoms with E-state index in [4.69, 9.17) is 14.2 Å². The highest BCUT2D eigenvalue weighted by Gasteiger charge is 2.59. The van der Waals surface area contributed by atoms with Gasteiger partial charge in [0.25, 0.3) is 11.5 Å². The maximum atomic E-state index is 15.3. The Hall–Kier alpha value is -5.87. The van der Waals surface area contributed by atoms with Crippen molar-refractivity contribution in [1.29, 1.82) is 0 Å². The van der Waals surface area contributed by atoms with E-state index in [9.17, 15) is 22.4 Å². The molecule has 1 N–H and O–H groups in total. The summed E-state index contributed by atoms with van der Waals surface area (Å²) in [6, 6.07) is 17.9. The molecule has 3 aromatic carbocycles. The predicted octanol–water partition coefficient (Wildman–Crippen LogP) is 6.06. The zero-order valence-corrected chi connectivity index (χ0v) is 36.1. The Morgan fingerprint density at radius 2 is 1.66 bits per heavy atom. The lowest BCUT2D eigenvalue weighted by Gasteiger charge is -2.42. The number of fused-ring (bicyclic) bond motifs is 2. The first-order valence-corrected chi connectivity index (χ1v) is 23.1. The van der Waals surface area contributed by atoms with Gasteiger partial charge in [0.1, 0.15) is 17.1 Å². The Kier molecular flexibility index (Phi) is 9.48. The Balaban J connectivity index is 1.06. The summed E-state index contributed by atoms with van der Waals surface area (Å²) in [6.07, 6.45) is 3.88. The smallest absolute Gasteiger partial charge is 0.381 e. The van der Waals surface area contributed by atoms with Crippen LogP contribution in [0.5, 0.6) is 0 Å². The number of halogens is 1. The number of nitrogens with one attached hydrogen (secondary N) is 1. The van der Waals surface area contributed by atoms with Crippen molar-refractivity contribution < 1.29 is 26.9 Å². The van der Waals surface area contributed by atoms with Crippen molar-refractivity contribution in [3.05, 3.63) is 132 Å². The summed E-state index contributed by atoms with van der Waals surface area (Å²) in [7, 11) is -3.42. The van der Waals surface area contributed by atoms with Crippen LogP contribution in [0, 0.1) is 25.6 Å². The van der Waals surface area contributed by atoms with Gasteiger partial charge in [-0.15, -0.1) is 0 Å². The van der Waals surface area contributed by atoms with Crippen LogP contribution >= 0.6 is 0 Å². The fourth-order valence-electron chi connectivity index (χ4n) is 10.2. The molecule has 0 radical (unpaired) electrons. The highest BCUT2D eigenvalue weighted by Crippen LogP contribution is 2.56. The second kappa shape index (κ2) is 14.6. The third-order valence-electron chi connectivity index (χ3n) is 13.8. The standard InChI is InChI=1S/C46H48FN7O7S/c1-25-17-34(18-26(2)39(25)47)53-41(55)36-11-14-52(28(4)40(36)48-44(53)51-23-33(24-51)30-7-6-8-35(20-30)62(5,58)59)42(56)38-21-32-19-31(29-12-15-60-16-13-29)9-10-37(32)54(38)46(22-27(46)3)43-49-45(57)61-50-43/h6-10,17-21,27-29,33H,11-16,22-24H2,1-5H3,(H,49,50,57)/t27-,28+,46+/m0/s1. The molecule has 0 unspecified atom stereocenters. The van der Waals surface area contributed by atoms with Gasteiger partial charge in [-0.1, -0.05) is 30.3 Å². The number of rotatable bonds is 8. The quantitative estimate of drug-likeness (QED) is 0.190. The van der Waals surface area contributed by atoms with E-state index < -0.39 is 27.2 Å². The lowest BCUT2D eigenvalue weighted by molar-refractivity contribution is 0.0658. The van der Waals surface area contributed by atoms with Crippen molar-refractivity contribution in [3.63, 3.8) is 0 Å². The normalized spacial score (nSPS) is 21.9. The fourth-order valence-corrected chi connectivity index (χ4v) is 10.8. The molecule has 14 nitrogen and oxygen atoms in total. The number of ether oxygens (including phenoxy) is 1. The Bertz CT molecular complexity index is 3030. The molecule has 62 heavy (non-hydrogen) atoms. The molecule has 322 valence electrons. The average molecular weight is 862 g/mol.